The Morgan fingerprint density at radius 3 is 2.07 bits per heavy atom. The van der Waals surface area contributed by atoms with E-state index < -0.39 is 18.2 Å². The first-order valence-electron chi connectivity index (χ1n) is 15.0. The molecule has 0 radical (unpaired) electrons. The lowest BCUT2D eigenvalue weighted by molar-refractivity contribution is 0.301. The molecule has 0 fully saturated rings. The Hall–Kier alpha value is -3.76. The molecule has 5 rings (SSSR count). The summed E-state index contributed by atoms with van der Waals surface area (Å²) < 4.78 is 32.5. The molecule has 0 amide bonds. The van der Waals surface area contributed by atoms with Crippen LogP contribution in [-0.4, -0.2) is 44.9 Å². The Bertz CT molecular complexity index is 1810. The van der Waals surface area contributed by atoms with Crippen molar-refractivity contribution in [2.75, 3.05) is 12.5 Å². The maximum atomic E-state index is 12.7. The van der Waals surface area contributed by atoms with Crippen LogP contribution in [0.3, 0.4) is 0 Å². The molecule has 0 bridgehead atoms. The molecule has 0 aliphatic carbocycles. The Morgan fingerprint density at radius 1 is 0.889 bits per heavy atom. The van der Waals surface area contributed by atoms with Crippen molar-refractivity contribution in [3.05, 3.63) is 125 Å². The van der Waals surface area contributed by atoms with Gasteiger partial charge in [0.15, 0.2) is 9.84 Å². The van der Waals surface area contributed by atoms with Gasteiger partial charge >= 0.3 is 0 Å². The minimum Gasteiger partial charge on any atom is -0.407 e. The van der Waals surface area contributed by atoms with Crippen LogP contribution in [0.5, 0.6) is 0 Å². The topological polar surface area (TPSA) is 81.5 Å². The van der Waals surface area contributed by atoms with Gasteiger partial charge in [0.25, 0.3) is 8.32 Å². The number of aryl methyl sites for hydroxylation is 1. The molecule has 0 saturated carbocycles. The highest BCUT2D eigenvalue weighted by molar-refractivity contribution is 7.91. The van der Waals surface area contributed by atoms with Crippen LogP contribution in [-0.2, 0) is 20.7 Å². The monoisotopic (exact) mass is 653 g/mol. The molecule has 6 nitrogen and oxygen atoms in total. The molecule has 2 heterocycles. The maximum absolute atomic E-state index is 12.7. The molecular weight excluding hydrogens is 615 g/mol. The van der Waals surface area contributed by atoms with Crippen molar-refractivity contribution in [3.8, 4) is 10.7 Å². The summed E-state index contributed by atoms with van der Waals surface area (Å²) in [6, 6.07) is 32.2. The van der Waals surface area contributed by atoms with E-state index in [1.54, 1.807) is 31.2 Å². The van der Waals surface area contributed by atoms with Gasteiger partial charge in [0.1, 0.15) is 10.9 Å². The first-order valence-corrected chi connectivity index (χ1v) is 19.4. The fourth-order valence-electron chi connectivity index (χ4n) is 5.42. The number of aromatic nitrogens is 2. The molecule has 3 aromatic carbocycles. The van der Waals surface area contributed by atoms with E-state index in [0.29, 0.717) is 18.0 Å². The summed E-state index contributed by atoms with van der Waals surface area (Å²) in [5, 5.41) is 5.11. The summed E-state index contributed by atoms with van der Waals surface area (Å²) in [7, 11) is -6.11. The van der Waals surface area contributed by atoms with Crippen LogP contribution in [0.25, 0.3) is 10.7 Å². The smallest absolute Gasteiger partial charge is 0.261 e. The number of hydrogen-bond acceptors (Lipinski definition) is 7. The number of nitrogens with zero attached hydrogens (tertiary/aromatic N) is 3. The number of benzene rings is 3. The van der Waals surface area contributed by atoms with Gasteiger partial charge in [-0.05, 0) is 59.4 Å². The summed E-state index contributed by atoms with van der Waals surface area (Å²) in [5.74, 6) is -0.322. The SMILES string of the molecule is CC(=NCS(=O)(=O)c1ccc(C)cc1)c1csc(-c2ccc(CCO[Si](c3ccccc3)(c3ccccc3)C(C)(C)C)cn2)n1. The molecule has 0 spiro atoms. The van der Waals surface area contributed by atoms with E-state index in [4.69, 9.17) is 14.4 Å². The van der Waals surface area contributed by atoms with Gasteiger partial charge in [-0.15, -0.1) is 11.3 Å². The van der Waals surface area contributed by atoms with Crippen LogP contribution in [0, 0.1) is 6.92 Å². The molecule has 0 N–H and O–H groups in total. The van der Waals surface area contributed by atoms with Crippen molar-refractivity contribution < 1.29 is 12.8 Å². The predicted molar refractivity (Wildman–Crippen MR) is 188 cm³/mol. The minimum absolute atomic E-state index is 0.0767. The van der Waals surface area contributed by atoms with Gasteiger partial charge in [-0.1, -0.05) is 105 Å². The lowest BCUT2D eigenvalue weighted by Gasteiger charge is -2.43. The van der Waals surface area contributed by atoms with Crippen LogP contribution in [0.4, 0.5) is 0 Å². The third kappa shape index (κ3) is 7.39. The van der Waals surface area contributed by atoms with Gasteiger partial charge in [-0.3, -0.25) is 9.98 Å². The zero-order valence-electron chi connectivity index (χ0n) is 26.4. The van der Waals surface area contributed by atoms with Crippen molar-refractivity contribution in [1.29, 1.82) is 0 Å². The Morgan fingerprint density at radius 2 is 1.51 bits per heavy atom. The van der Waals surface area contributed by atoms with Crippen LogP contribution in [0.1, 0.15) is 44.5 Å². The van der Waals surface area contributed by atoms with Crippen molar-refractivity contribution in [3.63, 3.8) is 0 Å². The molecule has 45 heavy (non-hydrogen) atoms. The van der Waals surface area contributed by atoms with Gasteiger partial charge in [0.05, 0.1) is 22.0 Å². The number of pyridine rings is 1. The number of rotatable bonds is 11. The second-order valence-electron chi connectivity index (χ2n) is 12.2. The largest absolute Gasteiger partial charge is 0.407 e. The summed E-state index contributed by atoms with van der Waals surface area (Å²) in [6.45, 7) is 11.1. The molecule has 232 valence electrons. The summed E-state index contributed by atoms with van der Waals surface area (Å²) in [4.78, 5) is 14.0. The third-order valence-corrected chi connectivity index (χ3v) is 15.3. The van der Waals surface area contributed by atoms with Crippen molar-refractivity contribution in [1.82, 2.24) is 9.97 Å². The molecule has 0 saturated heterocycles. The average Bonchev–Trinajstić information content (AvgIpc) is 3.53. The van der Waals surface area contributed by atoms with Crippen LogP contribution < -0.4 is 10.4 Å². The molecule has 2 aromatic heterocycles. The van der Waals surface area contributed by atoms with Gasteiger partial charge < -0.3 is 4.43 Å². The number of sulfone groups is 1. The van der Waals surface area contributed by atoms with E-state index in [-0.39, 0.29) is 15.8 Å². The van der Waals surface area contributed by atoms with E-state index in [2.05, 4.69) is 92.5 Å². The standard InChI is InChI=1S/C36H39N3O3S2Si/c1-27-16-19-30(20-17-27)44(40,41)26-38-28(2)34-25-43-35(39-34)33-21-18-29(24-37-33)22-23-42-45(36(3,4)5,31-12-8-6-9-13-31)32-14-10-7-11-15-32/h6-21,24-25H,22-23,26H2,1-5H3. The third-order valence-electron chi connectivity index (χ3n) is 7.90. The zero-order chi connectivity index (χ0) is 32.1. The lowest BCUT2D eigenvalue weighted by atomic mass is 10.2. The Balaban J connectivity index is 1.27. The highest BCUT2D eigenvalue weighted by Crippen LogP contribution is 2.36. The molecule has 0 atom stereocenters. The Labute approximate surface area is 272 Å². The Kier molecular flexibility index (Phi) is 9.93. The van der Waals surface area contributed by atoms with E-state index >= 15 is 0 Å². The number of hydrogen-bond donors (Lipinski definition) is 0. The second kappa shape index (κ2) is 13.7. The first-order chi connectivity index (χ1) is 21.5. The van der Waals surface area contributed by atoms with Gasteiger partial charge in [-0.25, -0.2) is 13.4 Å². The summed E-state index contributed by atoms with van der Waals surface area (Å²) >= 11 is 1.46. The number of thiazole rings is 1. The van der Waals surface area contributed by atoms with Gasteiger partial charge in [0, 0.05) is 18.2 Å². The van der Waals surface area contributed by atoms with Crippen molar-refractivity contribution >= 4 is 45.6 Å². The highest BCUT2D eigenvalue weighted by Gasteiger charge is 2.49. The molecule has 9 heteroatoms. The van der Waals surface area contributed by atoms with Gasteiger partial charge in [0.2, 0.25) is 0 Å². The number of aliphatic imine (C=N–C) groups is 1. The predicted octanol–water partition coefficient (Wildman–Crippen LogP) is 6.87. The van der Waals surface area contributed by atoms with E-state index in [9.17, 15) is 8.42 Å². The second-order valence-corrected chi connectivity index (χ2v) is 19.3. The van der Waals surface area contributed by atoms with E-state index in [0.717, 1.165) is 28.2 Å². The van der Waals surface area contributed by atoms with Gasteiger partial charge in [-0.2, -0.15) is 0 Å². The fraction of sp³-hybridized carbons (Fsp3) is 0.250. The normalized spacial score (nSPS) is 12.8. The lowest BCUT2D eigenvalue weighted by Crippen LogP contribution is -2.66. The molecule has 5 aromatic rings. The fourth-order valence-corrected chi connectivity index (χ4v) is 11.9. The van der Waals surface area contributed by atoms with Crippen molar-refractivity contribution in [2.45, 2.75) is 51.0 Å². The van der Waals surface area contributed by atoms with E-state index in [1.807, 2.05) is 24.6 Å². The average molecular weight is 654 g/mol. The molecule has 0 aliphatic rings. The van der Waals surface area contributed by atoms with Crippen LogP contribution >= 0.6 is 11.3 Å². The molecule has 0 aliphatic heterocycles. The van der Waals surface area contributed by atoms with E-state index in [1.165, 1.54) is 21.7 Å². The minimum atomic E-state index is -3.52. The zero-order valence-corrected chi connectivity index (χ0v) is 29.0. The molecular formula is C36H39N3O3S2Si. The first kappa shape index (κ1) is 32.6. The maximum Gasteiger partial charge on any atom is 0.261 e. The quantitative estimate of drug-likeness (QED) is 0.115. The van der Waals surface area contributed by atoms with Crippen molar-refractivity contribution in [2.24, 2.45) is 4.99 Å². The summed E-state index contributed by atoms with van der Waals surface area (Å²) in [6.07, 6.45) is 2.63. The highest BCUT2D eigenvalue weighted by atomic mass is 32.2. The van der Waals surface area contributed by atoms with Crippen LogP contribution in [0.15, 0.2) is 119 Å². The van der Waals surface area contributed by atoms with Crippen LogP contribution in [0.2, 0.25) is 5.04 Å². The summed E-state index contributed by atoms with van der Waals surface area (Å²) in [5.41, 5.74) is 4.09. The molecule has 0 unspecified atom stereocenters.